The normalized spacial score (nSPS) is 3.33. The van der Waals surface area contributed by atoms with E-state index in [-0.39, 0.29) is 46.6 Å². The Balaban J connectivity index is -0.0000000450. The maximum atomic E-state index is 7.58. The van der Waals surface area contributed by atoms with Crippen molar-refractivity contribution < 1.29 is 22.1 Å². The van der Waals surface area contributed by atoms with E-state index in [1.54, 1.807) is 5.92 Å². The summed E-state index contributed by atoms with van der Waals surface area (Å²) in [6, 6.07) is 0. The monoisotopic (exact) mass is 158 g/mol. The average Bonchev–Trinajstić information content (AvgIpc) is 1.37. The summed E-state index contributed by atoms with van der Waals surface area (Å²) >= 11 is 0. The third-order valence-electron chi connectivity index (χ3n) is 0.0791. The van der Waals surface area contributed by atoms with Crippen LogP contribution in [0, 0.1) is 12.3 Å². The van der Waals surface area contributed by atoms with E-state index >= 15 is 0 Å². The SMILES string of the molecule is [Br-].[C-]#CCO.[Mg+2]. The quantitative estimate of drug-likeness (QED) is 0.218. The Labute approximate surface area is 64.0 Å². The van der Waals surface area contributed by atoms with Crippen LogP contribution in [0.25, 0.3) is 0 Å². The van der Waals surface area contributed by atoms with Crippen LogP contribution in [0.4, 0.5) is 0 Å². The van der Waals surface area contributed by atoms with E-state index in [4.69, 9.17) is 11.5 Å². The number of halogens is 1. The van der Waals surface area contributed by atoms with Crippen LogP contribution in [-0.2, 0) is 0 Å². The summed E-state index contributed by atoms with van der Waals surface area (Å²) in [5, 5.41) is 7.58. The molecule has 0 atom stereocenters. The van der Waals surface area contributed by atoms with Crippen molar-refractivity contribution in [3.8, 4) is 5.92 Å². The van der Waals surface area contributed by atoms with Crippen molar-refractivity contribution in [3.63, 3.8) is 0 Å². The molecule has 0 rings (SSSR count). The Morgan fingerprint density at radius 3 is 1.83 bits per heavy atom. The van der Waals surface area contributed by atoms with Crippen LogP contribution in [0.15, 0.2) is 0 Å². The van der Waals surface area contributed by atoms with Crippen LogP contribution in [0.2, 0.25) is 0 Å². The standard InChI is InChI=1S/C3H3O.BrH.Mg/c1-2-3-4;;/h4H,3H2;1H;/q-1;;+2/p-1. The smallest absolute Gasteiger partial charge is 1.00 e. The Morgan fingerprint density at radius 2 is 1.83 bits per heavy atom. The predicted molar refractivity (Wildman–Crippen MR) is 20.0 cm³/mol. The molecule has 0 aliphatic rings. The molecule has 30 valence electrons. The first-order valence-electron chi connectivity index (χ1n) is 0.920. The van der Waals surface area contributed by atoms with Crippen molar-refractivity contribution in [1.82, 2.24) is 0 Å². The molecule has 0 aromatic carbocycles. The molecular weight excluding hydrogens is 156 g/mol. The Hall–Kier alpha value is 0.766. The van der Waals surface area contributed by atoms with Crippen molar-refractivity contribution in [3.05, 3.63) is 6.42 Å². The zero-order valence-electron chi connectivity index (χ0n) is 3.24. The maximum Gasteiger partial charge on any atom is 2.00 e. The molecule has 0 saturated heterocycles. The maximum absolute atomic E-state index is 7.58. The number of hydrogen-bond acceptors (Lipinski definition) is 1. The van der Waals surface area contributed by atoms with E-state index in [0.29, 0.717) is 0 Å². The predicted octanol–water partition coefficient (Wildman–Crippen LogP) is -3.81. The number of aliphatic hydroxyl groups excluding tert-OH is 1. The molecule has 0 heterocycles. The van der Waals surface area contributed by atoms with Gasteiger partial charge in [0, 0.05) is 0 Å². The van der Waals surface area contributed by atoms with Gasteiger partial charge in [-0.05, 0) is 0 Å². The summed E-state index contributed by atoms with van der Waals surface area (Å²) in [6.07, 6.45) is 5.95. The molecule has 3 heteroatoms. The van der Waals surface area contributed by atoms with Gasteiger partial charge in [0.2, 0.25) is 0 Å². The molecule has 0 aromatic rings. The summed E-state index contributed by atoms with van der Waals surface area (Å²) in [5.74, 6) is 1.74. The molecule has 0 aromatic heterocycles. The molecule has 1 N–H and O–H groups in total. The molecule has 0 radical (unpaired) electrons. The van der Waals surface area contributed by atoms with Crippen molar-refractivity contribution in [2.24, 2.45) is 0 Å². The average molecular weight is 159 g/mol. The van der Waals surface area contributed by atoms with E-state index in [2.05, 4.69) is 0 Å². The van der Waals surface area contributed by atoms with Crippen molar-refractivity contribution in [1.29, 1.82) is 0 Å². The van der Waals surface area contributed by atoms with E-state index in [0.717, 1.165) is 0 Å². The number of hydrogen-bond donors (Lipinski definition) is 1. The number of aliphatic hydroxyl groups is 1. The zero-order chi connectivity index (χ0) is 3.41. The number of rotatable bonds is 0. The Morgan fingerprint density at radius 1 is 1.67 bits per heavy atom. The molecule has 1 nitrogen and oxygen atoms in total. The van der Waals surface area contributed by atoms with Crippen molar-refractivity contribution in [2.45, 2.75) is 0 Å². The van der Waals surface area contributed by atoms with Crippen LogP contribution < -0.4 is 17.0 Å². The van der Waals surface area contributed by atoms with Crippen LogP contribution in [0.5, 0.6) is 0 Å². The van der Waals surface area contributed by atoms with E-state index in [1.807, 2.05) is 0 Å². The van der Waals surface area contributed by atoms with Gasteiger partial charge in [0.1, 0.15) is 0 Å². The van der Waals surface area contributed by atoms with E-state index < -0.39 is 0 Å². The Kier molecular flexibility index (Phi) is 45.3. The summed E-state index contributed by atoms with van der Waals surface area (Å²) in [7, 11) is 0. The third kappa shape index (κ3) is 21.7. The van der Waals surface area contributed by atoms with Crippen molar-refractivity contribution in [2.75, 3.05) is 6.61 Å². The molecule has 0 saturated carbocycles. The molecule has 0 spiro atoms. The van der Waals surface area contributed by atoms with Gasteiger partial charge in [-0.15, -0.1) is 0 Å². The fourth-order valence-corrected chi connectivity index (χ4v) is 0. The van der Waals surface area contributed by atoms with Gasteiger partial charge >= 0.3 is 23.1 Å². The van der Waals surface area contributed by atoms with Crippen molar-refractivity contribution >= 4 is 23.1 Å². The minimum Gasteiger partial charge on any atom is -1.00 e. The molecular formula is C3H3BrMgO. The van der Waals surface area contributed by atoms with E-state index in [1.165, 1.54) is 0 Å². The molecule has 0 bridgehead atoms. The largest absolute Gasteiger partial charge is 2.00 e. The van der Waals surface area contributed by atoms with Crippen LogP contribution >= 0.6 is 0 Å². The second kappa shape index (κ2) is 17.1. The second-order valence-corrected chi connectivity index (χ2v) is 0.335. The second-order valence-electron chi connectivity index (χ2n) is 0.335. The molecule has 0 unspecified atom stereocenters. The van der Waals surface area contributed by atoms with Gasteiger partial charge in [-0.1, -0.05) is 0 Å². The summed E-state index contributed by atoms with van der Waals surface area (Å²) in [6.45, 7) is -0.264. The molecule has 0 amide bonds. The van der Waals surface area contributed by atoms with Gasteiger partial charge in [0.05, 0.1) is 6.61 Å². The summed E-state index contributed by atoms with van der Waals surface area (Å²) in [5.41, 5.74) is 0. The minimum atomic E-state index is -0.264. The van der Waals surface area contributed by atoms with Gasteiger partial charge in [0.25, 0.3) is 0 Å². The van der Waals surface area contributed by atoms with Gasteiger partial charge < -0.3 is 34.4 Å². The first-order chi connectivity index (χ1) is 1.91. The molecule has 0 aliphatic heterocycles. The summed E-state index contributed by atoms with van der Waals surface area (Å²) < 4.78 is 0. The van der Waals surface area contributed by atoms with Gasteiger partial charge in [0.15, 0.2) is 0 Å². The van der Waals surface area contributed by atoms with Crippen LogP contribution in [0.1, 0.15) is 0 Å². The van der Waals surface area contributed by atoms with Crippen LogP contribution in [-0.4, -0.2) is 34.8 Å². The zero-order valence-corrected chi connectivity index (χ0v) is 6.24. The fraction of sp³-hybridized carbons (Fsp3) is 0.333. The summed E-state index contributed by atoms with van der Waals surface area (Å²) in [4.78, 5) is 0. The topological polar surface area (TPSA) is 20.2 Å². The molecule has 0 fully saturated rings. The fourth-order valence-electron chi connectivity index (χ4n) is 0. The molecule has 6 heavy (non-hydrogen) atoms. The van der Waals surface area contributed by atoms with Gasteiger partial charge in [-0.25, -0.2) is 0 Å². The third-order valence-corrected chi connectivity index (χ3v) is 0.0791. The van der Waals surface area contributed by atoms with Gasteiger partial charge in [-0.2, -0.15) is 0 Å². The first-order valence-corrected chi connectivity index (χ1v) is 0.920. The Bertz CT molecular complexity index is 40.5. The molecule has 0 aliphatic carbocycles. The van der Waals surface area contributed by atoms with E-state index in [9.17, 15) is 0 Å². The van der Waals surface area contributed by atoms with Gasteiger partial charge in [-0.3, -0.25) is 0 Å². The first kappa shape index (κ1) is 15.9. The van der Waals surface area contributed by atoms with Crippen LogP contribution in [0.3, 0.4) is 0 Å². The minimum absolute atomic E-state index is 0.